The van der Waals surface area contributed by atoms with Gasteiger partial charge in [0, 0.05) is 13.0 Å². The number of rotatable bonds is 5. The number of carbonyl (C=O) groups excluding carboxylic acids is 1. The van der Waals surface area contributed by atoms with Crippen LogP contribution < -0.4 is 11.1 Å². The van der Waals surface area contributed by atoms with Crippen molar-refractivity contribution in [2.75, 3.05) is 27.7 Å². The first kappa shape index (κ1) is 17.3. The standard InChI is InChI=1S/C7H14N2O3.C3H9N/c1-2-9-6(10)4-3-5(8)7(11)12;1-4(2)3/h5H,2-4,8H2,1H3,(H,9,10)(H,11,12);1-3H3/t5-;/m0./s1. The van der Waals surface area contributed by atoms with Gasteiger partial charge in [0.05, 0.1) is 0 Å². The van der Waals surface area contributed by atoms with E-state index in [1.165, 1.54) is 0 Å². The number of nitrogens with one attached hydrogen (secondary N) is 1. The van der Waals surface area contributed by atoms with Crippen LogP contribution in [0.15, 0.2) is 0 Å². The van der Waals surface area contributed by atoms with E-state index < -0.39 is 12.0 Å². The quantitative estimate of drug-likeness (QED) is 0.594. The molecule has 0 rings (SSSR count). The third-order valence-electron chi connectivity index (χ3n) is 1.37. The molecule has 0 bridgehead atoms. The molecule has 0 aromatic carbocycles. The summed E-state index contributed by atoms with van der Waals surface area (Å²) in [5, 5.41) is 10.9. The molecule has 0 aliphatic rings. The van der Waals surface area contributed by atoms with E-state index >= 15 is 0 Å². The van der Waals surface area contributed by atoms with Crippen LogP contribution in [0.2, 0.25) is 0 Å². The number of carboxylic acids is 1. The van der Waals surface area contributed by atoms with Gasteiger partial charge in [0.2, 0.25) is 5.91 Å². The number of hydrogen-bond acceptors (Lipinski definition) is 4. The summed E-state index contributed by atoms with van der Waals surface area (Å²) in [7, 11) is 6.00. The topological polar surface area (TPSA) is 95.7 Å². The minimum atomic E-state index is -1.07. The number of hydrogen-bond donors (Lipinski definition) is 3. The van der Waals surface area contributed by atoms with Crippen molar-refractivity contribution in [3.05, 3.63) is 0 Å². The maximum Gasteiger partial charge on any atom is 0.320 e. The summed E-state index contributed by atoms with van der Waals surface area (Å²) in [5.74, 6) is -1.23. The van der Waals surface area contributed by atoms with Crippen LogP contribution in [0.3, 0.4) is 0 Å². The van der Waals surface area contributed by atoms with Gasteiger partial charge in [0.15, 0.2) is 0 Å². The first-order valence-electron chi connectivity index (χ1n) is 5.17. The Morgan fingerprint density at radius 2 is 1.81 bits per heavy atom. The van der Waals surface area contributed by atoms with Gasteiger partial charge in [0.25, 0.3) is 0 Å². The smallest absolute Gasteiger partial charge is 0.320 e. The van der Waals surface area contributed by atoms with Crippen molar-refractivity contribution in [1.82, 2.24) is 10.2 Å². The Bertz CT molecular complexity index is 205. The second kappa shape index (κ2) is 10.4. The highest BCUT2D eigenvalue weighted by Gasteiger charge is 2.12. The van der Waals surface area contributed by atoms with Gasteiger partial charge in [-0.2, -0.15) is 0 Å². The van der Waals surface area contributed by atoms with E-state index in [1.54, 1.807) is 6.92 Å². The SMILES string of the molecule is CCNC(=O)CC[C@H](N)C(=O)O.CN(C)C. The normalized spacial score (nSPS) is 11.4. The molecule has 1 atom stereocenters. The van der Waals surface area contributed by atoms with Gasteiger partial charge in [-0.15, -0.1) is 0 Å². The van der Waals surface area contributed by atoms with E-state index in [2.05, 4.69) is 5.32 Å². The van der Waals surface area contributed by atoms with Gasteiger partial charge < -0.3 is 21.1 Å². The Labute approximate surface area is 96.8 Å². The van der Waals surface area contributed by atoms with Crippen molar-refractivity contribution in [1.29, 1.82) is 0 Å². The zero-order valence-corrected chi connectivity index (χ0v) is 10.5. The first-order chi connectivity index (χ1) is 7.31. The average Bonchev–Trinajstić information content (AvgIpc) is 2.13. The predicted molar refractivity (Wildman–Crippen MR) is 63.1 cm³/mol. The molecule has 0 fully saturated rings. The molecule has 96 valence electrons. The molecule has 0 aliphatic carbocycles. The van der Waals surface area contributed by atoms with E-state index in [1.807, 2.05) is 26.0 Å². The number of amides is 1. The van der Waals surface area contributed by atoms with E-state index in [-0.39, 0.29) is 18.7 Å². The van der Waals surface area contributed by atoms with Crippen LogP contribution in [-0.2, 0) is 9.59 Å². The summed E-state index contributed by atoms with van der Waals surface area (Å²) >= 11 is 0. The molecule has 0 saturated carbocycles. The summed E-state index contributed by atoms with van der Waals surface area (Å²) in [5.41, 5.74) is 5.18. The molecule has 16 heavy (non-hydrogen) atoms. The number of carboxylic acid groups (broad SMARTS) is 1. The van der Waals surface area contributed by atoms with Crippen molar-refractivity contribution in [3.63, 3.8) is 0 Å². The van der Waals surface area contributed by atoms with Crippen LogP contribution in [0.1, 0.15) is 19.8 Å². The summed E-state index contributed by atoms with van der Waals surface area (Å²) in [6.07, 6.45) is 0.350. The van der Waals surface area contributed by atoms with Crippen molar-refractivity contribution >= 4 is 11.9 Å². The lowest BCUT2D eigenvalue weighted by atomic mass is 10.1. The van der Waals surface area contributed by atoms with E-state index in [4.69, 9.17) is 10.8 Å². The first-order valence-corrected chi connectivity index (χ1v) is 5.17. The van der Waals surface area contributed by atoms with Crippen molar-refractivity contribution in [2.24, 2.45) is 5.73 Å². The Morgan fingerprint density at radius 3 is 2.12 bits per heavy atom. The number of aliphatic carboxylic acids is 1. The van der Waals surface area contributed by atoms with Gasteiger partial charge in [-0.1, -0.05) is 0 Å². The maximum absolute atomic E-state index is 10.8. The van der Waals surface area contributed by atoms with Crippen LogP contribution in [0.25, 0.3) is 0 Å². The molecule has 0 unspecified atom stereocenters. The molecule has 0 heterocycles. The molecule has 0 radical (unpaired) electrons. The minimum Gasteiger partial charge on any atom is -0.480 e. The molecular formula is C10H23N3O3. The highest BCUT2D eigenvalue weighted by Crippen LogP contribution is 1.93. The highest BCUT2D eigenvalue weighted by atomic mass is 16.4. The summed E-state index contributed by atoms with van der Waals surface area (Å²) < 4.78 is 0. The van der Waals surface area contributed by atoms with Crippen LogP contribution in [-0.4, -0.2) is 55.6 Å². The zero-order valence-electron chi connectivity index (χ0n) is 10.5. The molecule has 0 aromatic heterocycles. The minimum absolute atomic E-state index is 0.158. The lowest BCUT2D eigenvalue weighted by molar-refractivity contribution is -0.138. The average molecular weight is 233 g/mol. The second-order valence-corrected chi connectivity index (χ2v) is 3.78. The molecule has 0 spiro atoms. The molecule has 4 N–H and O–H groups in total. The lowest BCUT2D eigenvalue weighted by Gasteiger charge is -2.05. The van der Waals surface area contributed by atoms with Gasteiger partial charge in [-0.25, -0.2) is 0 Å². The molecule has 6 heteroatoms. The highest BCUT2D eigenvalue weighted by molar-refractivity contribution is 5.78. The number of nitrogens with two attached hydrogens (primary N) is 1. The zero-order chi connectivity index (χ0) is 13.1. The van der Waals surface area contributed by atoms with E-state index in [0.29, 0.717) is 6.54 Å². The fourth-order valence-corrected chi connectivity index (χ4v) is 0.696. The summed E-state index contributed by atoms with van der Waals surface area (Å²) in [6, 6.07) is -0.937. The number of nitrogens with zero attached hydrogens (tertiary/aromatic N) is 1. The van der Waals surface area contributed by atoms with Crippen molar-refractivity contribution in [3.8, 4) is 0 Å². The van der Waals surface area contributed by atoms with Gasteiger partial charge in [0.1, 0.15) is 6.04 Å². The molecule has 1 amide bonds. The van der Waals surface area contributed by atoms with E-state index in [9.17, 15) is 9.59 Å². The maximum atomic E-state index is 10.8. The van der Waals surface area contributed by atoms with E-state index in [0.717, 1.165) is 0 Å². The fraction of sp³-hybridized carbons (Fsp3) is 0.800. The third-order valence-corrected chi connectivity index (χ3v) is 1.37. The van der Waals surface area contributed by atoms with Gasteiger partial charge >= 0.3 is 5.97 Å². The van der Waals surface area contributed by atoms with Gasteiger partial charge in [-0.05, 0) is 34.5 Å². The predicted octanol–water partition coefficient (Wildman–Crippen LogP) is -0.508. The largest absolute Gasteiger partial charge is 0.480 e. The molecule has 6 nitrogen and oxygen atoms in total. The van der Waals surface area contributed by atoms with Crippen molar-refractivity contribution < 1.29 is 14.7 Å². The van der Waals surface area contributed by atoms with Gasteiger partial charge in [-0.3, -0.25) is 9.59 Å². The molecular weight excluding hydrogens is 210 g/mol. The summed E-state index contributed by atoms with van der Waals surface area (Å²) in [6.45, 7) is 2.36. The Morgan fingerprint density at radius 1 is 1.38 bits per heavy atom. The number of carbonyl (C=O) groups is 2. The summed E-state index contributed by atoms with van der Waals surface area (Å²) in [4.78, 5) is 23.0. The lowest BCUT2D eigenvalue weighted by Crippen LogP contribution is -2.32. The molecule has 0 saturated heterocycles. The third kappa shape index (κ3) is 15.3. The van der Waals surface area contributed by atoms with Crippen LogP contribution in [0.5, 0.6) is 0 Å². The van der Waals surface area contributed by atoms with Crippen molar-refractivity contribution in [2.45, 2.75) is 25.8 Å². The monoisotopic (exact) mass is 233 g/mol. The van der Waals surface area contributed by atoms with Crippen LogP contribution >= 0.6 is 0 Å². The Kier molecular flexibility index (Phi) is 11.2. The van der Waals surface area contributed by atoms with Crippen LogP contribution in [0, 0.1) is 0 Å². The molecule has 0 aliphatic heterocycles. The van der Waals surface area contributed by atoms with Crippen LogP contribution in [0.4, 0.5) is 0 Å². The second-order valence-electron chi connectivity index (χ2n) is 3.78. The fourth-order valence-electron chi connectivity index (χ4n) is 0.696. The Balaban J connectivity index is 0. The Hall–Kier alpha value is -1.14. The molecule has 0 aromatic rings.